The zero-order valence-electron chi connectivity index (χ0n) is 16.3. The van der Waals surface area contributed by atoms with Crippen LogP contribution in [0, 0.1) is 13.8 Å². The summed E-state index contributed by atoms with van der Waals surface area (Å²) in [5.74, 6) is -0.197. The number of aryl methyl sites for hydroxylation is 2. The van der Waals surface area contributed by atoms with Gasteiger partial charge in [0.2, 0.25) is 0 Å². The smallest absolute Gasteiger partial charge is 0.271 e. The largest absolute Gasteiger partial charge is 0.507 e. The molecule has 0 radical (unpaired) electrons. The number of aromatic nitrogens is 1. The maximum Gasteiger partial charge on any atom is 0.271 e. The minimum absolute atomic E-state index is 0.114. The Morgan fingerprint density at radius 2 is 1.62 bits per heavy atom. The maximum atomic E-state index is 12.4. The van der Waals surface area contributed by atoms with Crippen LogP contribution in [0.5, 0.6) is 5.75 Å². The molecule has 4 rings (SSSR count). The summed E-state index contributed by atoms with van der Waals surface area (Å²) in [6.07, 6.45) is 1.47. The van der Waals surface area contributed by atoms with Crippen molar-refractivity contribution in [2.45, 2.75) is 13.8 Å². The first-order valence-electron chi connectivity index (χ1n) is 9.34. The molecule has 2 N–H and O–H groups in total. The van der Waals surface area contributed by atoms with Crippen LogP contribution < -0.4 is 5.43 Å². The summed E-state index contributed by atoms with van der Waals surface area (Å²) in [6, 6.07) is 22.7. The van der Waals surface area contributed by atoms with Gasteiger partial charge in [0.15, 0.2) is 0 Å². The van der Waals surface area contributed by atoms with E-state index in [4.69, 9.17) is 0 Å². The van der Waals surface area contributed by atoms with Gasteiger partial charge in [-0.2, -0.15) is 5.10 Å². The summed E-state index contributed by atoms with van der Waals surface area (Å²) in [7, 11) is 0. The van der Waals surface area contributed by atoms with Crippen molar-refractivity contribution >= 4 is 22.9 Å². The van der Waals surface area contributed by atoms with Crippen LogP contribution in [-0.2, 0) is 0 Å². The molecule has 0 aliphatic heterocycles. The number of amides is 1. The highest BCUT2D eigenvalue weighted by atomic mass is 16.3. The molecule has 0 aliphatic carbocycles. The molecule has 0 fully saturated rings. The molecular weight excluding hydrogens is 362 g/mol. The van der Waals surface area contributed by atoms with Crippen LogP contribution >= 0.6 is 0 Å². The minimum Gasteiger partial charge on any atom is -0.507 e. The highest BCUT2D eigenvalue weighted by molar-refractivity contribution is 6.03. The molecule has 1 aromatic heterocycles. The van der Waals surface area contributed by atoms with Gasteiger partial charge in [-0.3, -0.25) is 4.79 Å². The average Bonchev–Trinajstić information content (AvgIpc) is 3.07. The van der Waals surface area contributed by atoms with Crippen molar-refractivity contribution in [3.8, 4) is 11.4 Å². The summed E-state index contributed by atoms with van der Waals surface area (Å²) >= 11 is 0. The molecule has 1 amide bonds. The van der Waals surface area contributed by atoms with Gasteiger partial charge in [0, 0.05) is 28.2 Å². The predicted octanol–water partition coefficient (Wildman–Crippen LogP) is 4.72. The fourth-order valence-electron chi connectivity index (χ4n) is 3.48. The number of phenolic OH excluding ortho intramolecular Hbond substituents is 1. The maximum absolute atomic E-state index is 12.4. The molecule has 4 aromatic rings. The molecule has 5 heteroatoms. The molecule has 5 nitrogen and oxygen atoms in total. The van der Waals surface area contributed by atoms with Gasteiger partial charge >= 0.3 is 0 Å². The fourth-order valence-corrected chi connectivity index (χ4v) is 3.48. The van der Waals surface area contributed by atoms with Crippen LogP contribution in [0.25, 0.3) is 16.5 Å². The van der Waals surface area contributed by atoms with E-state index >= 15 is 0 Å². The van der Waals surface area contributed by atoms with E-state index in [1.165, 1.54) is 6.21 Å². The second-order valence-electron chi connectivity index (χ2n) is 6.92. The van der Waals surface area contributed by atoms with E-state index in [-0.39, 0.29) is 11.7 Å². The van der Waals surface area contributed by atoms with Crippen molar-refractivity contribution in [1.29, 1.82) is 0 Å². The van der Waals surface area contributed by atoms with Gasteiger partial charge in [-0.15, -0.1) is 0 Å². The van der Waals surface area contributed by atoms with Gasteiger partial charge in [-0.05, 0) is 67.1 Å². The second-order valence-corrected chi connectivity index (χ2v) is 6.92. The Bertz CT molecular complexity index is 1200. The van der Waals surface area contributed by atoms with Crippen LogP contribution in [-0.4, -0.2) is 21.8 Å². The molecule has 0 saturated heterocycles. The number of aromatic hydroxyl groups is 1. The number of hydrogen-bond donors (Lipinski definition) is 2. The number of rotatable bonds is 4. The summed E-state index contributed by atoms with van der Waals surface area (Å²) in [6.45, 7) is 4.09. The topological polar surface area (TPSA) is 66.6 Å². The number of hydrogen-bond acceptors (Lipinski definition) is 3. The summed E-state index contributed by atoms with van der Waals surface area (Å²) in [5, 5.41) is 16.0. The lowest BCUT2D eigenvalue weighted by molar-refractivity contribution is 0.0955. The zero-order valence-corrected chi connectivity index (χ0v) is 16.3. The van der Waals surface area contributed by atoms with Crippen molar-refractivity contribution in [2.75, 3.05) is 0 Å². The Hall–Kier alpha value is -3.86. The molecule has 3 aromatic carbocycles. The summed E-state index contributed by atoms with van der Waals surface area (Å²) in [5.41, 5.74) is 6.89. The molecular formula is C24H21N3O2. The van der Waals surface area contributed by atoms with Crippen molar-refractivity contribution < 1.29 is 9.90 Å². The van der Waals surface area contributed by atoms with Gasteiger partial charge in [0.25, 0.3) is 5.91 Å². The Kier molecular flexibility index (Phi) is 4.87. The molecule has 29 heavy (non-hydrogen) atoms. The van der Waals surface area contributed by atoms with Gasteiger partial charge < -0.3 is 9.67 Å². The quantitative estimate of drug-likeness (QED) is 0.396. The normalized spacial score (nSPS) is 11.2. The van der Waals surface area contributed by atoms with Gasteiger partial charge in [0.05, 0.1) is 6.21 Å². The van der Waals surface area contributed by atoms with Crippen LogP contribution in [0.4, 0.5) is 0 Å². The number of phenols is 1. The van der Waals surface area contributed by atoms with Crippen LogP contribution in [0.3, 0.4) is 0 Å². The highest BCUT2D eigenvalue weighted by Gasteiger charge is 2.08. The Morgan fingerprint density at radius 1 is 0.931 bits per heavy atom. The fraction of sp³-hybridized carbons (Fsp3) is 0.0833. The highest BCUT2D eigenvalue weighted by Crippen LogP contribution is 2.25. The number of nitrogens with zero attached hydrogens (tertiary/aromatic N) is 2. The molecule has 0 aliphatic rings. The molecule has 0 saturated carbocycles. The SMILES string of the molecule is Cc1ccc(C)n1-c1ccc(C(=O)N/N=C/c2c(O)ccc3ccccc23)cc1. The Labute approximate surface area is 168 Å². The van der Waals surface area contributed by atoms with Crippen LogP contribution in [0.2, 0.25) is 0 Å². The summed E-state index contributed by atoms with van der Waals surface area (Å²) in [4.78, 5) is 12.4. The molecule has 0 bridgehead atoms. The number of carbonyl (C=O) groups is 1. The van der Waals surface area contributed by atoms with Crippen molar-refractivity contribution in [3.63, 3.8) is 0 Å². The number of fused-ring (bicyclic) bond motifs is 1. The Balaban J connectivity index is 1.51. The van der Waals surface area contributed by atoms with Crippen molar-refractivity contribution in [1.82, 2.24) is 9.99 Å². The van der Waals surface area contributed by atoms with E-state index < -0.39 is 0 Å². The van der Waals surface area contributed by atoms with E-state index in [0.717, 1.165) is 27.8 Å². The second kappa shape index (κ2) is 7.64. The molecule has 0 spiro atoms. The van der Waals surface area contributed by atoms with E-state index in [0.29, 0.717) is 11.1 Å². The molecule has 0 atom stereocenters. The lowest BCUT2D eigenvalue weighted by atomic mass is 10.0. The van der Waals surface area contributed by atoms with Gasteiger partial charge in [-0.1, -0.05) is 30.3 Å². The first-order valence-corrected chi connectivity index (χ1v) is 9.34. The number of benzene rings is 3. The lowest BCUT2D eigenvalue weighted by Gasteiger charge is -2.10. The van der Waals surface area contributed by atoms with Gasteiger partial charge in [-0.25, -0.2) is 5.43 Å². The standard InChI is InChI=1S/C24H21N3O2/c1-16-7-8-17(2)27(16)20-12-9-19(10-13-20)24(29)26-25-15-22-21-6-4-3-5-18(21)11-14-23(22)28/h3-15,28H,1-2H3,(H,26,29)/b25-15+. The number of carbonyl (C=O) groups excluding carboxylic acids is 1. The molecule has 144 valence electrons. The zero-order chi connectivity index (χ0) is 20.4. The first-order chi connectivity index (χ1) is 14.0. The minimum atomic E-state index is -0.312. The number of hydrazone groups is 1. The molecule has 1 heterocycles. The monoisotopic (exact) mass is 383 g/mol. The number of nitrogens with one attached hydrogen (secondary N) is 1. The Morgan fingerprint density at radius 3 is 2.34 bits per heavy atom. The van der Waals surface area contributed by atoms with Crippen LogP contribution in [0.1, 0.15) is 27.3 Å². The van der Waals surface area contributed by atoms with E-state index in [2.05, 4.69) is 27.2 Å². The predicted molar refractivity (Wildman–Crippen MR) is 116 cm³/mol. The van der Waals surface area contributed by atoms with E-state index in [9.17, 15) is 9.90 Å². The molecule has 0 unspecified atom stereocenters. The average molecular weight is 383 g/mol. The van der Waals surface area contributed by atoms with Gasteiger partial charge in [0.1, 0.15) is 5.75 Å². The first kappa shape index (κ1) is 18.5. The van der Waals surface area contributed by atoms with Crippen molar-refractivity contribution in [3.05, 3.63) is 95.3 Å². The third-order valence-corrected chi connectivity index (χ3v) is 4.97. The third kappa shape index (κ3) is 3.62. The van der Waals surface area contributed by atoms with Crippen molar-refractivity contribution in [2.24, 2.45) is 5.10 Å². The lowest BCUT2D eigenvalue weighted by Crippen LogP contribution is -2.17. The van der Waals surface area contributed by atoms with Crippen LogP contribution in [0.15, 0.2) is 77.9 Å². The van der Waals surface area contributed by atoms with E-state index in [1.54, 1.807) is 18.2 Å². The van der Waals surface area contributed by atoms with E-state index in [1.807, 2.05) is 56.3 Å². The summed E-state index contributed by atoms with van der Waals surface area (Å²) < 4.78 is 2.13. The third-order valence-electron chi connectivity index (χ3n) is 4.97.